The second-order valence-electron chi connectivity index (χ2n) is 18.5. The molecular weight excluding hydrogens is 940 g/mol. The Kier molecular flexibility index (Phi) is 13.2. The van der Waals surface area contributed by atoms with E-state index in [2.05, 4.69) is 183 Å². The minimum Gasteiger partial charge on any atom is -0.503 e. The summed E-state index contributed by atoms with van der Waals surface area (Å²) in [4.78, 5) is 9.93. The first-order valence-corrected chi connectivity index (χ1v) is 22.2. The van der Waals surface area contributed by atoms with Gasteiger partial charge < -0.3 is 13.9 Å². The monoisotopic (exact) mass is 999 g/mol. The van der Waals surface area contributed by atoms with Gasteiger partial charge in [-0.2, -0.15) is 6.07 Å². The summed E-state index contributed by atoms with van der Waals surface area (Å²) in [7, 11) is 0. The van der Waals surface area contributed by atoms with E-state index in [1.807, 2.05) is 30.6 Å². The molecular formula is C56H60N4OPt. The third-order valence-corrected chi connectivity index (χ3v) is 12.2. The third-order valence-electron chi connectivity index (χ3n) is 12.2. The molecule has 0 atom stereocenters. The molecule has 5 aromatic carbocycles. The fourth-order valence-corrected chi connectivity index (χ4v) is 8.79. The van der Waals surface area contributed by atoms with Crippen LogP contribution in [0.5, 0.6) is 11.5 Å². The number of para-hydroxylation sites is 1. The first-order chi connectivity index (χ1) is 29.2. The molecule has 3 aromatic heterocycles. The summed E-state index contributed by atoms with van der Waals surface area (Å²) in [5.74, 6) is 5.18. The van der Waals surface area contributed by atoms with Gasteiger partial charge in [0.15, 0.2) is 0 Å². The fourth-order valence-electron chi connectivity index (χ4n) is 8.79. The molecule has 8 rings (SSSR count). The van der Waals surface area contributed by atoms with Gasteiger partial charge >= 0.3 is 21.1 Å². The summed E-state index contributed by atoms with van der Waals surface area (Å²) < 4.78 is 11.1. The molecule has 0 spiro atoms. The van der Waals surface area contributed by atoms with E-state index in [4.69, 9.17) is 14.7 Å². The summed E-state index contributed by atoms with van der Waals surface area (Å²) in [6, 6.07) is 40.0. The molecule has 0 aliphatic rings. The van der Waals surface area contributed by atoms with Crippen LogP contribution < -0.4 is 4.74 Å². The summed E-state index contributed by atoms with van der Waals surface area (Å²) in [5, 5.41) is 2.23. The van der Waals surface area contributed by atoms with Crippen molar-refractivity contribution >= 4 is 21.8 Å². The van der Waals surface area contributed by atoms with Crippen molar-refractivity contribution < 1.29 is 25.8 Å². The van der Waals surface area contributed by atoms with Gasteiger partial charge in [-0.25, -0.2) is 4.98 Å². The van der Waals surface area contributed by atoms with Crippen molar-refractivity contribution in [3.63, 3.8) is 0 Å². The molecule has 8 aromatic rings. The summed E-state index contributed by atoms with van der Waals surface area (Å²) >= 11 is 0. The average molecular weight is 1000 g/mol. The zero-order chi connectivity index (χ0) is 43.3. The Hall–Kier alpha value is -5.25. The van der Waals surface area contributed by atoms with Crippen molar-refractivity contribution in [2.45, 2.75) is 119 Å². The van der Waals surface area contributed by atoms with Crippen LogP contribution in [0.2, 0.25) is 0 Å². The Morgan fingerprint density at radius 1 is 0.532 bits per heavy atom. The molecule has 0 bridgehead atoms. The number of hydrogen-bond acceptors (Lipinski definition) is 3. The smallest absolute Gasteiger partial charge is 0.503 e. The van der Waals surface area contributed by atoms with E-state index in [0.29, 0.717) is 47.0 Å². The number of hydrogen-bond donors (Lipinski definition) is 0. The molecule has 0 unspecified atom stereocenters. The van der Waals surface area contributed by atoms with Gasteiger partial charge in [0.1, 0.15) is 5.82 Å². The van der Waals surface area contributed by atoms with Gasteiger partial charge in [0.2, 0.25) is 0 Å². The maximum Gasteiger partial charge on any atom is 2.00 e. The molecule has 0 aliphatic carbocycles. The summed E-state index contributed by atoms with van der Waals surface area (Å²) in [5.41, 5.74) is 14.7. The third kappa shape index (κ3) is 8.46. The van der Waals surface area contributed by atoms with Gasteiger partial charge in [-0.15, -0.1) is 41.3 Å². The SMILES string of the molecule is CC(C)c1cc(C(C)C)c(-c2ccnc(-n3c4[c-]c(Oc5[c-]c(-c6nccn6-c6c(C(C)C)cc(C(C)C)cc6C(C)C)ccc5)ccc4c4ccccc43)c2)c(C(C)C)c1.[Pt+2]. The quantitative estimate of drug-likeness (QED) is 0.115. The van der Waals surface area contributed by atoms with E-state index in [0.717, 1.165) is 39.0 Å². The number of aromatic nitrogens is 4. The number of rotatable bonds is 12. The van der Waals surface area contributed by atoms with Crippen molar-refractivity contribution in [1.29, 1.82) is 0 Å². The fraction of sp³-hybridized carbons (Fsp3) is 0.321. The molecule has 0 saturated carbocycles. The van der Waals surface area contributed by atoms with Crippen LogP contribution in [0.25, 0.3) is 55.8 Å². The molecule has 3 heterocycles. The van der Waals surface area contributed by atoms with Crippen LogP contribution in [0.4, 0.5) is 0 Å². The van der Waals surface area contributed by atoms with Crippen LogP contribution >= 0.6 is 0 Å². The Bertz CT molecular complexity index is 2810. The van der Waals surface area contributed by atoms with Crippen LogP contribution in [0, 0.1) is 12.1 Å². The standard InChI is InChI=1S/C56H60N4O.Pt/c1-33(2)41-27-47(35(5)6)54(48(28-41)36(7)8)39-22-23-57-53(31-39)60-51-19-14-13-18-45(51)46-21-20-44(32-52(46)60)61-43-17-15-16-40(26-43)56-58-24-25-59(56)55-49(37(9)10)29-42(34(3)4)30-50(55)38(11)12;/h13-25,27-31,33-38H,1-12H3;/q-2;+2. The molecule has 0 N–H and O–H groups in total. The normalized spacial score (nSPS) is 12.0. The first kappa shape index (κ1) is 44.8. The maximum atomic E-state index is 6.65. The second-order valence-corrected chi connectivity index (χ2v) is 18.5. The number of ether oxygens (including phenoxy) is 1. The van der Waals surface area contributed by atoms with Crippen LogP contribution in [0.1, 0.15) is 152 Å². The van der Waals surface area contributed by atoms with E-state index in [9.17, 15) is 0 Å². The van der Waals surface area contributed by atoms with Crippen LogP contribution in [-0.2, 0) is 21.1 Å². The second kappa shape index (κ2) is 18.2. The number of nitrogens with zero attached hydrogens (tertiary/aromatic N) is 4. The molecule has 0 amide bonds. The Morgan fingerprint density at radius 3 is 1.74 bits per heavy atom. The largest absolute Gasteiger partial charge is 2.00 e. The van der Waals surface area contributed by atoms with Gasteiger partial charge in [0.25, 0.3) is 0 Å². The minimum absolute atomic E-state index is 0. The Balaban J connectivity index is 0.00000578. The van der Waals surface area contributed by atoms with Gasteiger partial charge in [0, 0.05) is 41.3 Å². The summed E-state index contributed by atoms with van der Waals surface area (Å²) in [6.45, 7) is 27.4. The number of benzene rings is 5. The zero-order valence-corrected chi connectivity index (χ0v) is 40.6. The van der Waals surface area contributed by atoms with E-state index in [-0.39, 0.29) is 21.1 Å². The van der Waals surface area contributed by atoms with E-state index in [1.54, 1.807) is 0 Å². The topological polar surface area (TPSA) is 44.9 Å². The molecule has 320 valence electrons. The number of imidazole rings is 1. The molecule has 6 heteroatoms. The molecule has 0 fully saturated rings. The molecule has 0 saturated heterocycles. The van der Waals surface area contributed by atoms with E-state index in [1.165, 1.54) is 50.2 Å². The van der Waals surface area contributed by atoms with Gasteiger partial charge in [-0.05, 0) is 104 Å². The predicted molar refractivity (Wildman–Crippen MR) is 255 cm³/mol. The first-order valence-electron chi connectivity index (χ1n) is 22.2. The number of fused-ring (bicyclic) bond motifs is 3. The molecule has 0 radical (unpaired) electrons. The molecule has 5 nitrogen and oxygen atoms in total. The van der Waals surface area contributed by atoms with Crippen molar-refractivity contribution in [3.8, 4) is 45.5 Å². The van der Waals surface area contributed by atoms with E-state index >= 15 is 0 Å². The van der Waals surface area contributed by atoms with Crippen molar-refractivity contribution in [2.75, 3.05) is 0 Å². The van der Waals surface area contributed by atoms with Crippen LogP contribution in [0.15, 0.2) is 110 Å². The average Bonchev–Trinajstić information content (AvgIpc) is 3.85. The Morgan fingerprint density at radius 2 is 1.13 bits per heavy atom. The van der Waals surface area contributed by atoms with Crippen LogP contribution in [0.3, 0.4) is 0 Å². The van der Waals surface area contributed by atoms with Crippen LogP contribution in [-0.4, -0.2) is 19.1 Å². The zero-order valence-electron chi connectivity index (χ0n) is 38.4. The van der Waals surface area contributed by atoms with Gasteiger partial charge in [-0.1, -0.05) is 137 Å². The van der Waals surface area contributed by atoms with Crippen molar-refractivity contribution in [1.82, 2.24) is 19.1 Å². The Labute approximate surface area is 383 Å². The van der Waals surface area contributed by atoms with Crippen molar-refractivity contribution in [2.24, 2.45) is 0 Å². The van der Waals surface area contributed by atoms with E-state index < -0.39 is 0 Å². The van der Waals surface area contributed by atoms with Gasteiger partial charge in [-0.3, -0.25) is 4.98 Å². The molecule has 62 heavy (non-hydrogen) atoms. The molecule has 0 aliphatic heterocycles. The summed E-state index contributed by atoms with van der Waals surface area (Å²) in [6.07, 6.45) is 5.92. The van der Waals surface area contributed by atoms with Gasteiger partial charge in [0.05, 0.1) is 5.82 Å². The van der Waals surface area contributed by atoms with Crippen molar-refractivity contribution in [3.05, 3.63) is 155 Å². The number of pyridine rings is 1. The predicted octanol–water partition coefficient (Wildman–Crippen LogP) is 15.8. The maximum absolute atomic E-state index is 6.65. The minimum atomic E-state index is 0.